The SMILES string of the molecule is COc1ccc(CCOCCOCCO)c(OC)c1C(N)=O. The largest absolute Gasteiger partial charge is 0.496 e. The number of amides is 1. The topological polar surface area (TPSA) is 100 Å². The first kappa shape index (κ1) is 18.2. The number of hydrogen-bond donors (Lipinski definition) is 2. The number of aliphatic hydroxyl groups is 1. The van der Waals surface area contributed by atoms with E-state index in [1.807, 2.05) is 6.07 Å². The van der Waals surface area contributed by atoms with E-state index >= 15 is 0 Å². The van der Waals surface area contributed by atoms with E-state index in [2.05, 4.69) is 0 Å². The maximum Gasteiger partial charge on any atom is 0.256 e. The normalized spacial score (nSPS) is 10.5. The molecule has 0 unspecified atom stereocenters. The summed E-state index contributed by atoms with van der Waals surface area (Å²) in [6.45, 7) is 1.61. The van der Waals surface area contributed by atoms with Crippen LogP contribution >= 0.6 is 0 Å². The van der Waals surface area contributed by atoms with Crippen LogP contribution in [-0.4, -0.2) is 58.3 Å². The first-order chi connectivity index (χ1) is 10.7. The van der Waals surface area contributed by atoms with Crippen molar-refractivity contribution in [2.75, 3.05) is 47.3 Å². The third-order valence-electron chi connectivity index (χ3n) is 2.99. The molecule has 0 bridgehead atoms. The molecule has 0 saturated carbocycles. The minimum Gasteiger partial charge on any atom is -0.496 e. The van der Waals surface area contributed by atoms with Crippen molar-refractivity contribution in [2.45, 2.75) is 6.42 Å². The number of nitrogens with two attached hydrogens (primary N) is 1. The maximum atomic E-state index is 11.6. The molecular formula is C15H23NO6. The third-order valence-corrected chi connectivity index (χ3v) is 2.99. The van der Waals surface area contributed by atoms with Gasteiger partial charge in [0.15, 0.2) is 0 Å². The lowest BCUT2D eigenvalue weighted by atomic mass is 10.0. The zero-order valence-corrected chi connectivity index (χ0v) is 13.0. The Kier molecular flexibility index (Phi) is 8.27. The zero-order chi connectivity index (χ0) is 16.4. The molecule has 3 N–H and O–H groups in total. The van der Waals surface area contributed by atoms with E-state index < -0.39 is 5.91 Å². The molecular weight excluding hydrogens is 290 g/mol. The number of hydrogen-bond acceptors (Lipinski definition) is 6. The molecule has 1 rings (SSSR count). The highest BCUT2D eigenvalue weighted by atomic mass is 16.5. The van der Waals surface area contributed by atoms with Crippen LogP contribution in [0.1, 0.15) is 15.9 Å². The molecule has 0 aliphatic heterocycles. The smallest absolute Gasteiger partial charge is 0.256 e. The molecule has 0 fully saturated rings. The molecule has 0 aliphatic carbocycles. The van der Waals surface area contributed by atoms with E-state index in [1.165, 1.54) is 14.2 Å². The standard InChI is InChI=1S/C15H23NO6/c1-19-12-4-3-11(14(20-2)13(12)15(16)18)5-7-21-9-10-22-8-6-17/h3-4,17H,5-10H2,1-2H3,(H2,16,18). The van der Waals surface area contributed by atoms with Gasteiger partial charge < -0.3 is 29.8 Å². The zero-order valence-electron chi connectivity index (χ0n) is 13.0. The van der Waals surface area contributed by atoms with E-state index in [1.54, 1.807) is 6.07 Å². The van der Waals surface area contributed by atoms with Crippen LogP contribution in [-0.2, 0) is 15.9 Å². The van der Waals surface area contributed by atoms with E-state index in [0.29, 0.717) is 44.3 Å². The Labute approximate surface area is 129 Å². The molecule has 7 nitrogen and oxygen atoms in total. The van der Waals surface area contributed by atoms with Gasteiger partial charge in [0, 0.05) is 0 Å². The Balaban J connectivity index is 2.63. The van der Waals surface area contributed by atoms with Crippen LogP contribution in [0.3, 0.4) is 0 Å². The predicted molar refractivity (Wildman–Crippen MR) is 80.5 cm³/mol. The molecule has 124 valence electrons. The van der Waals surface area contributed by atoms with Crippen molar-refractivity contribution >= 4 is 5.91 Å². The Morgan fingerprint density at radius 1 is 1.09 bits per heavy atom. The van der Waals surface area contributed by atoms with E-state index in [0.717, 1.165) is 5.56 Å². The van der Waals surface area contributed by atoms with Crippen LogP contribution in [0.5, 0.6) is 11.5 Å². The van der Waals surface area contributed by atoms with Gasteiger partial charge in [-0.2, -0.15) is 0 Å². The van der Waals surface area contributed by atoms with Crippen molar-refractivity contribution in [1.82, 2.24) is 0 Å². The second kappa shape index (κ2) is 9.99. The van der Waals surface area contributed by atoms with Crippen LogP contribution in [0, 0.1) is 0 Å². The van der Waals surface area contributed by atoms with Crippen molar-refractivity contribution < 1.29 is 28.8 Å². The molecule has 0 atom stereocenters. The summed E-state index contributed by atoms with van der Waals surface area (Å²) in [5, 5.41) is 8.56. The minimum atomic E-state index is -0.603. The molecule has 7 heteroatoms. The van der Waals surface area contributed by atoms with E-state index in [9.17, 15) is 4.79 Å². The van der Waals surface area contributed by atoms with Gasteiger partial charge in [-0.3, -0.25) is 4.79 Å². The number of methoxy groups -OCH3 is 2. The highest BCUT2D eigenvalue weighted by Gasteiger charge is 2.19. The maximum absolute atomic E-state index is 11.6. The van der Waals surface area contributed by atoms with Gasteiger partial charge in [-0.1, -0.05) is 6.07 Å². The number of carbonyl (C=O) groups is 1. The fraction of sp³-hybridized carbons (Fsp3) is 0.533. The molecule has 0 saturated heterocycles. The highest BCUT2D eigenvalue weighted by Crippen LogP contribution is 2.32. The molecule has 0 aliphatic rings. The van der Waals surface area contributed by atoms with Gasteiger partial charge in [0.25, 0.3) is 5.91 Å². The average Bonchev–Trinajstić information content (AvgIpc) is 2.52. The summed E-state index contributed by atoms with van der Waals surface area (Å²) >= 11 is 0. The van der Waals surface area contributed by atoms with Crippen LogP contribution < -0.4 is 15.2 Å². The fourth-order valence-electron chi connectivity index (χ4n) is 2.01. The summed E-state index contributed by atoms with van der Waals surface area (Å²) in [5.74, 6) is 0.187. The Bertz CT molecular complexity index is 477. The molecule has 22 heavy (non-hydrogen) atoms. The minimum absolute atomic E-state index is 0.00105. The molecule has 0 spiro atoms. The van der Waals surface area contributed by atoms with Gasteiger partial charge >= 0.3 is 0 Å². The lowest BCUT2D eigenvalue weighted by Crippen LogP contribution is -2.16. The summed E-state index contributed by atoms with van der Waals surface area (Å²) in [6.07, 6.45) is 0.563. The predicted octanol–water partition coefficient (Wildman–Crippen LogP) is 0.371. The fourth-order valence-corrected chi connectivity index (χ4v) is 2.01. The number of benzene rings is 1. The van der Waals surface area contributed by atoms with Gasteiger partial charge in [-0.05, 0) is 18.1 Å². The van der Waals surface area contributed by atoms with Crippen LogP contribution in [0.2, 0.25) is 0 Å². The van der Waals surface area contributed by atoms with Crippen molar-refractivity contribution in [2.24, 2.45) is 5.73 Å². The number of carbonyl (C=O) groups excluding carboxylic acids is 1. The molecule has 1 aromatic carbocycles. The molecule has 1 aromatic rings. The second-order valence-corrected chi connectivity index (χ2v) is 4.40. The number of rotatable bonds is 11. The Morgan fingerprint density at radius 2 is 1.77 bits per heavy atom. The summed E-state index contributed by atoms with van der Waals surface area (Å²) in [5.41, 5.74) is 6.43. The van der Waals surface area contributed by atoms with Crippen LogP contribution in [0.15, 0.2) is 12.1 Å². The first-order valence-corrected chi connectivity index (χ1v) is 6.95. The van der Waals surface area contributed by atoms with Crippen LogP contribution in [0.25, 0.3) is 0 Å². The summed E-state index contributed by atoms with van der Waals surface area (Å²) in [6, 6.07) is 3.50. The van der Waals surface area contributed by atoms with Gasteiger partial charge in [0.2, 0.25) is 0 Å². The monoisotopic (exact) mass is 313 g/mol. The van der Waals surface area contributed by atoms with Crippen molar-refractivity contribution in [3.63, 3.8) is 0 Å². The molecule has 0 radical (unpaired) electrons. The van der Waals surface area contributed by atoms with E-state index in [-0.39, 0.29) is 12.2 Å². The van der Waals surface area contributed by atoms with Gasteiger partial charge in [0.1, 0.15) is 17.1 Å². The van der Waals surface area contributed by atoms with Crippen molar-refractivity contribution in [1.29, 1.82) is 0 Å². The lowest BCUT2D eigenvalue weighted by molar-refractivity contribution is 0.0339. The summed E-state index contributed by atoms with van der Waals surface area (Å²) in [7, 11) is 2.95. The third kappa shape index (κ3) is 5.18. The Hall–Kier alpha value is -1.83. The number of primary amides is 1. The average molecular weight is 313 g/mol. The van der Waals surface area contributed by atoms with Crippen LogP contribution in [0.4, 0.5) is 0 Å². The van der Waals surface area contributed by atoms with Gasteiger partial charge in [0.05, 0.1) is 47.3 Å². The number of aliphatic hydroxyl groups excluding tert-OH is 1. The van der Waals surface area contributed by atoms with Gasteiger partial charge in [-0.15, -0.1) is 0 Å². The molecule has 1 amide bonds. The second-order valence-electron chi connectivity index (χ2n) is 4.40. The highest BCUT2D eigenvalue weighted by molar-refractivity contribution is 5.99. The summed E-state index contributed by atoms with van der Waals surface area (Å²) < 4.78 is 21.0. The first-order valence-electron chi connectivity index (χ1n) is 6.95. The van der Waals surface area contributed by atoms with E-state index in [4.69, 9.17) is 29.8 Å². The lowest BCUT2D eigenvalue weighted by Gasteiger charge is -2.15. The quantitative estimate of drug-likeness (QED) is 0.573. The molecule has 0 aromatic heterocycles. The van der Waals surface area contributed by atoms with Gasteiger partial charge in [-0.25, -0.2) is 0 Å². The van der Waals surface area contributed by atoms with Crippen molar-refractivity contribution in [3.8, 4) is 11.5 Å². The number of ether oxygens (including phenoxy) is 4. The Morgan fingerprint density at radius 3 is 2.32 bits per heavy atom. The summed E-state index contributed by atoms with van der Waals surface area (Å²) in [4.78, 5) is 11.6. The molecule has 0 heterocycles. The van der Waals surface area contributed by atoms with Crippen molar-refractivity contribution in [3.05, 3.63) is 23.3 Å².